The minimum atomic E-state index is -3.94. The lowest BCUT2D eigenvalue weighted by atomic mass is 9.87. The molecule has 1 aliphatic carbocycles. The third kappa shape index (κ3) is 3.83. The largest absolute Gasteiger partial charge is 0.392 e. The van der Waals surface area contributed by atoms with Gasteiger partial charge in [0.2, 0.25) is 10.0 Å². The van der Waals surface area contributed by atoms with Crippen molar-refractivity contribution in [3.05, 3.63) is 28.0 Å². The Bertz CT molecular complexity index is 621. The smallest absolute Gasteiger partial charge is 0.243 e. The molecule has 7 heteroatoms. The van der Waals surface area contributed by atoms with E-state index in [0.717, 1.165) is 25.7 Å². The summed E-state index contributed by atoms with van der Waals surface area (Å²) >= 11 is 3.15. The van der Waals surface area contributed by atoms with E-state index in [2.05, 4.69) is 20.7 Å². The Balaban J connectivity index is 2.33. The van der Waals surface area contributed by atoms with Gasteiger partial charge in [-0.3, -0.25) is 0 Å². The Hall–Kier alpha value is -0.500. The molecule has 0 aromatic heterocycles. The summed E-state index contributed by atoms with van der Waals surface area (Å²) in [7, 11) is -3.94. The van der Waals surface area contributed by atoms with E-state index in [1.165, 1.54) is 12.1 Å². The lowest BCUT2D eigenvalue weighted by Crippen LogP contribution is -2.41. The minimum Gasteiger partial charge on any atom is -0.392 e. The zero-order valence-corrected chi connectivity index (χ0v) is 14.2. The summed E-state index contributed by atoms with van der Waals surface area (Å²) in [6.45, 7) is 1.45. The van der Waals surface area contributed by atoms with Crippen molar-refractivity contribution in [2.24, 2.45) is 5.92 Å². The minimum absolute atomic E-state index is 0.0403. The predicted molar refractivity (Wildman–Crippen MR) is 81.8 cm³/mol. The van der Waals surface area contributed by atoms with Gasteiger partial charge in [0.1, 0.15) is 10.7 Å². The maximum absolute atomic E-state index is 14.2. The fourth-order valence-corrected chi connectivity index (χ4v) is 4.86. The molecule has 0 spiro atoms. The highest BCUT2D eigenvalue weighted by molar-refractivity contribution is 9.10. The average Bonchev–Trinajstić information content (AvgIpc) is 2.43. The topological polar surface area (TPSA) is 66.4 Å². The summed E-state index contributed by atoms with van der Waals surface area (Å²) in [6.07, 6.45) is 3.80. The number of hydrogen-bond donors (Lipinski definition) is 2. The molecule has 2 unspecified atom stereocenters. The lowest BCUT2D eigenvalue weighted by Gasteiger charge is -2.29. The van der Waals surface area contributed by atoms with Crippen molar-refractivity contribution in [1.29, 1.82) is 0 Å². The summed E-state index contributed by atoms with van der Waals surface area (Å²) in [4.78, 5) is -0.418. The number of benzene rings is 1. The normalized spacial score (nSPS) is 23.2. The van der Waals surface area contributed by atoms with Crippen molar-refractivity contribution in [3.63, 3.8) is 0 Å². The van der Waals surface area contributed by atoms with Crippen LogP contribution < -0.4 is 4.72 Å². The summed E-state index contributed by atoms with van der Waals surface area (Å²) in [5.74, 6) is -0.655. The highest BCUT2D eigenvalue weighted by Gasteiger charge is 2.29. The van der Waals surface area contributed by atoms with Gasteiger partial charge < -0.3 is 5.11 Å². The second-order valence-electron chi connectivity index (χ2n) is 5.52. The standard InChI is InChI=1S/C14H19BrFNO3S/c1-9-4-2-3-5-12(9)17-21(19,20)13-7-11(15)6-10(8-18)14(13)16/h6-7,9,12,17-18H,2-5,8H2,1H3. The highest BCUT2D eigenvalue weighted by atomic mass is 79.9. The van der Waals surface area contributed by atoms with E-state index >= 15 is 0 Å². The van der Waals surface area contributed by atoms with Gasteiger partial charge in [-0.2, -0.15) is 0 Å². The maximum Gasteiger partial charge on any atom is 0.243 e. The molecular formula is C14H19BrFNO3S. The van der Waals surface area contributed by atoms with Crippen LogP contribution in [-0.4, -0.2) is 19.6 Å². The van der Waals surface area contributed by atoms with Crippen LogP contribution in [0.1, 0.15) is 38.2 Å². The van der Waals surface area contributed by atoms with Crippen LogP contribution in [-0.2, 0) is 16.6 Å². The Labute approximate surface area is 132 Å². The predicted octanol–water partition coefficient (Wildman–Crippen LogP) is 2.94. The molecule has 118 valence electrons. The molecule has 21 heavy (non-hydrogen) atoms. The van der Waals surface area contributed by atoms with Crippen LogP contribution in [0, 0.1) is 11.7 Å². The first-order valence-corrected chi connectivity index (χ1v) is 9.24. The second-order valence-corrected chi connectivity index (χ2v) is 8.12. The van der Waals surface area contributed by atoms with Crippen LogP contribution in [0.15, 0.2) is 21.5 Å². The van der Waals surface area contributed by atoms with Crippen LogP contribution in [0.4, 0.5) is 4.39 Å². The molecular weight excluding hydrogens is 361 g/mol. The fraction of sp³-hybridized carbons (Fsp3) is 0.571. The van der Waals surface area contributed by atoms with Crippen molar-refractivity contribution >= 4 is 26.0 Å². The van der Waals surface area contributed by atoms with Crippen LogP contribution in [0.2, 0.25) is 0 Å². The van der Waals surface area contributed by atoms with Gasteiger partial charge in [0.25, 0.3) is 0 Å². The molecule has 1 saturated carbocycles. The zero-order chi connectivity index (χ0) is 15.6. The average molecular weight is 380 g/mol. The second kappa shape index (κ2) is 6.73. The third-order valence-electron chi connectivity index (χ3n) is 3.96. The molecule has 0 saturated heterocycles. The summed E-state index contributed by atoms with van der Waals surface area (Å²) in [5, 5.41) is 9.12. The van der Waals surface area contributed by atoms with Gasteiger partial charge in [0, 0.05) is 16.1 Å². The Morgan fingerprint density at radius 2 is 2.05 bits per heavy atom. The van der Waals surface area contributed by atoms with Gasteiger partial charge in [0.05, 0.1) is 6.61 Å². The number of sulfonamides is 1. The van der Waals surface area contributed by atoms with E-state index in [0.29, 0.717) is 4.47 Å². The number of halogens is 2. The molecule has 0 bridgehead atoms. The summed E-state index contributed by atoms with van der Waals surface area (Å²) in [6, 6.07) is 2.43. The van der Waals surface area contributed by atoms with Crippen LogP contribution >= 0.6 is 15.9 Å². The van der Waals surface area contributed by atoms with E-state index in [1.807, 2.05) is 6.92 Å². The number of aliphatic hydroxyl groups excluding tert-OH is 1. The van der Waals surface area contributed by atoms with Gasteiger partial charge in [0.15, 0.2) is 0 Å². The zero-order valence-electron chi connectivity index (χ0n) is 11.8. The number of hydrogen-bond acceptors (Lipinski definition) is 3. The van der Waals surface area contributed by atoms with Crippen LogP contribution in [0.3, 0.4) is 0 Å². The monoisotopic (exact) mass is 379 g/mol. The molecule has 0 aliphatic heterocycles. The number of rotatable bonds is 4. The van der Waals surface area contributed by atoms with E-state index in [9.17, 15) is 12.8 Å². The molecule has 0 heterocycles. The van der Waals surface area contributed by atoms with Gasteiger partial charge in [-0.1, -0.05) is 35.7 Å². The Kier molecular flexibility index (Phi) is 5.40. The molecule has 4 nitrogen and oxygen atoms in total. The SMILES string of the molecule is CC1CCCCC1NS(=O)(=O)c1cc(Br)cc(CO)c1F. The maximum atomic E-state index is 14.2. The van der Waals surface area contributed by atoms with Crippen molar-refractivity contribution in [1.82, 2.24) is 4.72 Å². The molecule has 0 amide bonds. The van der Waals surface area contributed by atoms with E-state index < -0.39 is 27.3 Å². The van der Waals surface area contributed by atoms with Crippen molar-refractivity contribution in [2.75, 3.05) is 0 Å². The lowest BCUT2D eigenvalue weighted by molar-refractivity contribution is 0.274. The van der Waals surface area contributed by atoms with Crippen molar-refractivity contribution in [3.8, 4) is 0 Å². The Morgan fingerprint density at radius 3 is 2.67 bits per heavy atom. The first-order valence-electron chi connectivity index (χ1n) is 6.96. The first kappa shape index (κ1) is 16.9. The number of aliphatic hydroxyl groups is 1. The third-order valence-corrected chi connectivity index (χ3v) is 5.90. The van der Waals surface area contributed by atoms with E-state index in [-0.39, 0.29) is 17.5 Å². The fourth-order valence-electron chi connectivity index (χ4n) is 2.68. The van der Waals surface area contributed by atoms with Gasteiger partial charge in [-0.15, -0.1) is 0 Å². The van der Waals surface area contributed by atoms with Gasteiger partial charge in [-0.05, 0) is 30.9 Å². The quantitative estimate of drug-likeness (QED) is 0.844. The number of nitrogens with one attached hydrogen (secondary N) is 1. The van der Waals surface area contributed by atoms with Crippen LogP contribution in [0.5, 0.6) is 0 Å². The first-order chi connectivity index (χ1) is 9.85. The summed E-state index contributed by atoms with van der Waals surface area (Å²) < 4.78 is 42.1. The van der Waals surface area contributed by atoms with Crippen molar-refractivity contribution < 1.29 is 17.9 Å². The van der Waals surface area contributed by atoms with Crippen molar-refractivity contribution in [2.45, 2.75) is 50.2 Å². The van der Waals surface area contributed by atoms with E-state index in [4.69, 9.17) is 5.11 Å². The van der Waals surface area contributed by atoms with E-state index in [1.54, 1.807) is 0 Å². The molecule has 1 aliphatic rings. The molecule has 1 aromatic carbocycles. The summed E-state index contributed by atoms with van der Waals surface area (Å²) in [5.41, 5.74) is -0.0403. The molecule has 2 atom stereocenters. The van der Waals surface area contributed by atoms with Crippen LogP contribution in [0.25, 0.3) is 0 Å². The van der Waals surface area contributed by atoms with Gasteiger partial charge in [-0.25, -0.2) is 17.5 Å². The molecule has 2 rings (SSSR count). The molecule has 0 radical (unpaired) electrons. The molecule has 1 fully saturated rings. The molecule has 2 N–H and O–H groups in total. The molecule has 1 aromatic rings. The highest BCUT2D eigenvalue weighted by Crippen LogP contribution is 2.28. The van der Waals surface area contributed by atoms with Gasteiger partial charge >= 0.3 is 0 Å². The Morgan fingerprint density at radius 1 is 1.38 bits per heavy atom.